The molecule has 0 radical (unpaired) electrons. The van der Waals surface area contributed by atoms with E-state index < -0.39 is 0 Å². The van der Waals surface area contributed by atoms with E-state index in [4.69, 9.17) is 0 Å². The second-order valence-electron chi connectivity index (χ2n) is 4.04. The maximum atomic E-state index is 11.9. The second kappa shape index (κ2) is 6.63. The zero-order valence-electron chi connectivity index (χ0n) is 10.8. The number of carbonyl (C=O) groups is 1. The van der Waals surface area contributed by atoms with Crippen LogP contribution in [-0.4, -0.2) is 16.0 Å². The van der Waals surface area contributed by atoms with Crippen LogP contribution in [0.5, 0.6) is 0 Å². The maximum absolute atomic E-state index is 11.9. The Bertz CT molecular complexity index is 498. The van der Waals surface area contributed by atoms with Gasteiger partial charge in [0.25, 0.3) is 0 Å². The first-order valence-corrected chi connectivity index (χ1v) is 7.82. The molecule has 0 unspecified atom stereocenters. The maximum Gasteiger partial charge on any atom is 0.315 e. The van der Waals surface area contributed by atoms with Crippen LogP contribution in [-0.2, 0) is 0 Å². The Morgan fingerprint density at radius 1 is 1.21 bits per heavy atom. The average Bonchev–Trinajstić information content (AvgIpc) is 3.07. The average molecular weight is 296 g/mol. The van der Waals surface area contributed by atoms with Gasteiger partial charge in [0.15, 0.2) is 0 Å². The zero-order chi connectivity index (χ0) is 13.7. The van der Waals surface area contributed by atoms with E-state index in [1.807, 2.05) is 24.6 Å². The summed E-state index contributed by atoms with van der Waals surface area (Å²) >= 11 is 3.08. The zero-order valence-corrected chi connectivity index (χ0v) is 12.4. The van der Waals surface area contributed by atoms with Crippen LogP contribution in [0.4, 0.5) is 4.79 Å². The van der Waals surface area contributed by atoms with Crippen molar-refractivity contribution in [3.63, 3.8) is 0 Å². The molecule has 2 N–H and O–H groups in total. The fraction of sp³-hybridized carbons (Fsp3) is 0.417. The van der Waals surface area contributed by atoms with Crippen LogP contribution in [0.3, 0.4) is 0 Å². The Hall–Kier alpha value is -1.47. The van der Waals surface area contributed by atoms with Gasteiger partial charge in [0.1, 0.15) is 10.0 Å². The van der Waals surface area contributed by atoms with Crippen LogP contribution in [0, 0.1) is 0 Å². The van der Waals surface area contributed by atoms with Crippen molar-refractivity contribution < 1.29 is 4.79 Å². The van der Waals surface area contributed by atoms with Gasteiger partial charge >= 0.3 is 6.03 Å². The predicted molar refractivity (Wildman–Crippen MR) is 77.3 cm³/mol. The van der Waals surface area contributed by atoms with Gasteiger partial charge in [-0.25, -0.2) is 14.8 Å². The number of aromatic nitrogens is 2. The third kappa shape index (κ3) is 3.74. The van der Waals surface area contributed by atoms with Crippen molar-refractivity contribution in [2.24, 2.45) is 0 Å². The minimum Gasteiger partial charge on any atom is -0.329 e. The molecule has 5 nitrogen and oxygen atoms in total. The molecule has 2 heterocycles. The summed E-state index contributed by atoms with van der Waals surface area (Å²) in [5.74, 6) is 0. The predicted octanol–water partition coefficient (Wildman–Crippen LogP) is 3.11. The van der Waals surface area contributed by atoms with Gasteiger partial charge < -0.3 is 10.6 Å². The van der Waals surface area contributed by atoms with Crippen molar-refractivity contribution in [2.75, 3.05) is 0 Å². The van der Waals surface area contributed by atoms with E-state index >= 15 is 0 Å². The lowest BCUT2D eigenvalue weighted by molar-refractivity contribution is 0.233. The van der Waals surface area contributed by atoms with E-state index in [0.717, 1.165) is 16.4 Å². The van der Waals surface area contributed by atoms with Crippen molar-refractivity contribution in [2.45, 2.75) is 32.4 Å². The highest BCUT2D eigenvalue weighted by Gasteiger charge is 2.17. The molecule has 19 heavy (non-hydrogen) atoms. The van der Waals surface area contributed by atoms with Gasteiger partial charge in [0.2, 0.25) is 0 Å². The SMILES string of the molecule is CC[C@H](NC(=O)N[C@H](C)c1nccs1)c1nccs1. The quantitative estimate of drug-likeness (QED) is 0.891. The number of hydrogen-bond donors (Lipinski definition) is 2. The van der Waals surface area contributed by atoms with Crippen LogP contribution >= 0.6 is 22.7 Å². The van der Waals surface area contributed by atoms with E-state index in [9.17, 15) is 4.79 Å². The van der Waals surface area contributed by atoms with E-state index in [1.54, 1.807) is 23.7 Å². The minimum atomic E-state index is -0.190. The van der Waals surface area contributed by atoms with Gasteiger partial charge in [-0.3, -0.25) is 0 Å². The number of rotatable bonds is 5. The molecule has 2 aromatic heterocycles. The molecule has 0 bridgehead atoms. The molecule has 0 fully saturated rings. The topological polar surface area (TPSA) is 66.9 Å². The Balaban J connectivity index is 1.90. The fourth-order valence-corrected chi connectivity index (χ4v) is 3.07. The van der Waals surface area contributed by atoms with Crippen molar-refractivity contribution in [1.29, 1.82) is 0 Å². The first-order valence-electron chi connectivity index (χ1n) is 6.06. The molecular weight excluding hydrogens is 280 g/mol. The summed E-state index contributed by atoms with van der Waals surface area (Å²) in [4.78, 5) is 20.4. The van der Waals surface area contributed by atoms with E-state index in [0.29, 0.717) is 0 Å². The summed E-state index contributed by atoms with van der Waals surface area (Å²) in [5, 5.41) is 11.5. The van der Waals surface area contributed by atoms with Gasteiger partial charge in [-0.05, 0) is 13.3 Å². The van der Waals surface area contributed by atoms with Crippen LogP contribution < -0.4 is 10.6 Å². The van der Waals surface area contributed by atoms with Crippen LogP contribution in [0.25, 0.3) is 0 Å². The Morgan fingerprint density at radius 2 is 1.84 bits per heavy atom. The Kier molecular flexibility index (Phi) is 4.86. The molecule has 0 aliphatic carbocycles. The molecule has 2 aromatic rings. The number of amides is 2. The van der Waals surface area contributed by atoms with Gasteiger partial charge in [0.05, 0.1) is 12.1 Å². The number of thiazole rings is 2. The van der Waals surface area contributed by atoms with Gasteiger partial charge in [-0.1, -0.05) is 6.92 Å². The van der Waals surface area contributed by atoms with Crippen LogP contribution in [0.15, 0.2) is 23.2 Å². The second-order valence-corrected chi connectivity index (χ2v) is 5.89. The Labute approximate surface area is 120 Å². The monoisotopic (exact) mass is 296 g/mol. The van der Waals surface area contributed by atoms with Gasteiger partial charge in [0, 0.05) is 23.2 Å². The van der Waals surface area contributed by atoms with Crippen LogP contribution in [0.1, 0.15) is 42.4 Å². The van der Waals surface area contributed by atoms with E-state index in [2.05, 4.69) is 20.6 Å². The van der Waals surface area contributed by atoms with Crippen molar-refractivity contribution in [3.8, 4) is 0 Å². The number of carbonyl (C=O) groups excluding carboxylic acids is 1. The third-order valence-electron chi connectivity index (χ3n) is 2.63. The first kappa shape index (κ1) is 14.0. The number of nitrogens with one attached hydrogen (secondary N) is 2. The smallest absolute Gasteiger partial charge is 0.315 e. The third-order valence-corrected chi connectivity index (χ3v) is 4.48. The summed E-state index contributed by atoms with van der Waals surface area (Å²) in [5.41, 5.74) is 0. The standard InChI is InChI=1S/C12H16N4OS2/c1-3-9(11-14-5-7-19-11)16-12(17)15-8(2)10-13-4-6-18-10/h4-9H,3H2,1-2H3,(H2,15,16,17)/t8-,9+/m1/s1. The molecule has 0 aliphatic heterocycles. The first-order chi connectivity index (χ1) is 9.20. The summed E-state index contributed by atoms with van der Waals surface area (Å²) in [6.07, 6.45) is 4.30. The molecule has 0 aromatic carbocycles. The van der Waals surface area contributed by atoms with Gasteiger partial charge in [-0.2, -0.15) is 0 Å². The highest BCUT2D eigenvalue weighted by Crippen LogP contribution is 2.19. The van der Waals surface area contributed by atoms with E-state index in [-0.39, 0.29) is 18.1 Å². The highest BCUT2D eigenvalue weighted by atomic mass is 32.1. The molecule has 0 saturated carbocycles. The lowest BCUT2D eigenvalue weighted by atomic mass is 10.2. The van der Waals surface area contributed by atoms with Crippen molar-refractivity contribution >= 4 is 28.7 Å². The molecule has 2 amide bonds. The van der Waals surface area contributed by atoms with Crippen molar-refractivity contribution in [1.82, 2.24) is 20.6 Å². The fourth-order valence-electron chi connectivity index (χ4n) is 1.65. The number of hydrogen-bond acceptors (Lipinski definition) is 5. The summed E-state index contributed by atoms with van der Waals surface area (Å²) < 4.78 is 0. The van der Waals surface area contributed by atoms with Crippen LogP contribution in [0.2, 0.25) is 0 Å². The molecule has 7 heteroatoms. The van der Waals surface area contributed by atoms with Crippen molar-refractivity contribution in [3.05, 3.63) is 33.2 Å². The van der Waals surface area contributed by atoms with Gasteiger partial charge in [-0.15, -0.1) is 22.7 Å². The lowest BCUT2D eigenvalue weighted by Gasteiger charge is -2.17. The summed E-state index contributed by atoms with van der Waals surface area (Å²) in [6, 6.07) is -0.318. The largest absolute Gasteiger partial charge is 0.329 e. The molecule has 0 aliphatic rings. The Morgan fingerprint density at radius 3 is 2.37 bits per heavy atom. The molecule has 2 atom stereocenters. The lowest BCUT2D eigenvalue weighted by Crippen LogP contribution is -2.39. The molecule has 0 saturated heterocycles. The minimum absolute atomic E-state index is 0.0384. The number of urea groups is 1. The number of nitrogens with zero attached hydrogens (tertiary/aromatic N) is 2. The summed E-state index contributed by atoms with van der Waals surface area (Å²) in [7, 11) is 0. The summed E-state index contributed by atoms with van der Waals surface area (Å²) in [6.45, 7) is 3.94. The van der Waals surface area contributed by atoms with E-state index in [1.165, 1.54) is 11.3 Å². The molecule has 102 valence electrons. The molecule has 2 rings (SSSR count). The molecule has 0 spiro atoms. The molecular formula is C12H16N4OS2. The highest BCUT2D eigenvalue weighted by molar-refractivity contribution is 7.09. The normalized spacial score (nSPS) is 13.8.